The monoisotopic (exact) mass is 318 g/mol. The molecule has 1 aromatic heterocycles. The lowest BCUT2D eigenvalue weighted by Crippen LogP contribution is -2.23. The number of nitrogens with zero attached hydrogens (tertiary/aromatic N) is 1. The Balaban J connectivity index is 2.27. The molecule has 0 aliphatic carbocycles. The second-order valence-corrected chi connectivity index (χ2v) is 5.48. The van der Waals surface area contributed by atoms with E-state index in [0.717, 1.165) is 13.0 Å². The Morgan fingerprint density at radius 2 is 1.95 bits per heavy atom. The van der Waals surface area contributed by atoms with E-state index in [0.29, 0.717) is 6.04 Å². The van der Waals surface area contributed by atoms with Crippen molar-refractivity contribution < 1.29 is 0 Å². The molecule has 0 saturated carbocycles. The van der Waals surface area contributed by atoms with Gasteiger partial charge in [0.2, 0.25) is 0 Å². The molecule has 1 N–H and O–H groups in total. The van der Waals surface area contributed by atoms with E-state index in [4.69, 9.17) is 0 Å². The minimum atomic E-state index is 0.338. The molecule has 1 aromatic carbocycles. The van der Waals surface area contributed by atoms with Crippen LogP contribution in [0.3, 0.4) is 0 Å². The van der Waals surface area contributed by atoms with Crippen LogP contribution in [-0.4, -0.2) is 11.5 Å². The lowest BCUT2D eigenvalue weighted by molar-refractivity contribution is 0.547. The van der Waals surface area contributed by atoms with Gasteiger partial charge in [-0.05, 0) is 54.8 Å². The Morgan fingerprint density at radius 3 is 2.63 bits per heavy atom. The molecule has 19 heavy (non-hydrogen) atoms. The second-order valence-electron chi connectivity index (χ2n) is 4.62. The molecule has 0 fully saturated rings. The maximum Gasteiger partial charge on any atom is 0.0363 e. The van der Waals surface area contributed by atoms with Crippen molar-refractivity contribution in [2.75, 3.05) is 6.54 Å². The normalized spacial score (nSPS) is 12.4. The molecule has 0 saturated heterocycles. The molecule has 0 bridgehead atoms. The molecule has 100 valence electrons. The fraction of sp³-hybridized carbons (Fsp3) is 0.312. The minimum Gasteiger partial charge on any atom is -0.310 e. The Morgan fingerprint density at radius 1 is 1.21 bits per heavy atom. The van der Waals surface area contributed by atoms with Gasteiger partial charge in [-0.1, -0.05) is 35.0 Å². The zero-order chi connectivity index (χ0) is 13.7. The third-order valence-corrected chi connectivity index (χ3v) is 4.18. The van der Waals surface area contributed by atoms with Gasteiger partial charge in [-0.3, -0.25) is 4.98 Å². The number of aromatic nitrogens is 1. The summed E-state index contributed by atoms with van der Waals surface area (Å²) in [5.41, 5.74) is 3.97. The largest absolute Gasteiger partial charge is 0.310 e. The van der Waals surface area contributed by atoms with Crippen LogP contribution >= 0.6 is 15.9 Å². The summed E-state index contributed by atoms with van der Waals surface area (Å²) in [6, 6.07) is 10.9. The lowest BCUT2D eigenvalue weighted by atomic mass is 9.96. The average Bonchev–Trinajstić information content (AvgIpc) is 2.43. The summed E-state index contributed by atoms with van der Waals surface area (Å²) in [6.07, 6.45) is 4.69. The van der Waals surface area contributed by atoms with Crippen molar-refractivity contribution in [2.45, 2.75) is 26.3 Å². The lowest BCUT2D eigenvalue weighted by Gasteiger charge is -2.21. The molecule has 0 amide bonds. The fourth-order valence-corrected chi connectivity index (χ4v) is 2.68. The zero-order valence-electron chi connectivity index (χ0n) is 11.4. The maximum absolute atomic E-state index is 4.08. The Bertz CT molecular complexity index is 526. The van der Waals surface area contributed by atoms with Gasteiger partial charge in [0.1, 0.15) is 0 Å². The van der Waals surface area contributed by atoms with Gasteiger partial charge in [0.15, 0.2) is 0 Å². The van der Waals surface area contributed by atoms with E-state index in [1.54, 1.807) is 0 Å². The van der Waals surface area contributed by atoms with Gasteiger partial charge in [0.25, 0.3) is 0 Å². The number of halogens is 1. The minimum absolute atomic E-state index is 0.338. The topological polar surface area (TPSA) is 24.9 Å². The first-order valence-electron chi connectivity index (χ1n) is 6.59. The van der Waals surface area contributed by atoms with E-state index in [9.17, 15) is 0 Å². The highest BCUT2D eigenvalue weighted by Crippen LogP contribution is 2.26. The van der Waals surface area contributed by atoms with E-state index < -0.39 is 0 Å². The Kier molecular flexibility index (Phi) is 5.11. The molecular formula is C16H19BrN2. The summed E-state index contributed by atoms with van der Waals surface area (Å²) < 4.78 is 1.17. The Hall–Kier alpha value is -1.19. The maximum atomic E-state index is 4.08. The average molecular weight is 319 g/mol. The van der Waals surface area contributed by atoms with E-state index >= 15 is 0 Å². The van der Waals surface area contributed by atoms with Crippen molar-refractivity contribution in [2.24, 2.45) is 0 Å². The number of benzene rings is 1. The predicted octanol–water partition coefficient (Wildman–Crippen LogP) is 4.05. The van der Waals surface area contributed by atoms with Crippen molar-refractivity contribution in [1.82, 2.24) is 10.3 Å². The summed E-state index contributed by atoms with van der Waals surface area (Å²) in [5, 5.41) is 3.57. The smallest absolute Gasteiger partial charge is 0.0363 e. The summed E-state index contributed by atoms with van der Waals surface area (Å²) >= 11 is 3.61. The summed E-state index contributed by atoms with van der Waals surface area (Å²) in [5.74, 6) is 0. The van der Waals surface area contributed by atoms with E-state index in [2.05, 4.69) is 70.4 Å². The van der Waals surface area contributed by atoms with Crippen LogP contribution < -0.4 is 5.32 Å². The standard InChI is InChI=1S/C16H19BrN2/c1-3-19-16(11-13-7-9-18-10-8-13)14-5-4-6-15(17)12(14)2/h4-10,16,19H,3,11H2,1-2H3. The first-order valence-corrected chi connectivity index (χ1v) is 7.39. The highest BCUT2D eigenvalue weighted by molar-refractivity contribution is 9.10. The molecule has 0 radical (unpaired) electrons. The van der Waals surface area contributed by atoms with Crippen LogP contribution in [0.15, 0.2) is 47.2 Å². The number of rotatable bonds is 5. The molecule has 0 aliphatic rings. The predicted molar refractivity (Wildman–Crippen MR) is 83.2 cm³/mol. The molecule has 2 aromatic rings. The number of hydrogen-bond acceptors (Lipinski definition) is 2. The molecule has 0 spiro atoms. The van der Waals surface area contributed by atoms with Crippen molar-refractivity contribution in [3.8, 4) is 0 Å². The van der Waals surface area contributed by atoms with Gasteiger partial charge in [-0.15, -0.1) is 0 Å². The molecule has 2 nitrogen and oxygen atoms in total. The van der Waals surface area contributed by atoms with Crippen LogP contribution in [0, 0.1) is 6.92 Å². The molecule has 1 unspecified atom stereocenters. The SMILES string of the molecule is CCNC(Cc1ccncc1)c1cccc(Br)c1C. The highest BCUT2D eigenvalue weighted by Gasteiger charge is 2.14. The summed E-state index contributed by atoms with van der Waals surface area (Å²) in [6.45, 7) is 5.27. The Labute approximate surface area is 123 Å². The second kappa shape index (κ2) is 6.83. The first kappa shape index (κ1) is 14.2. The fourth-order valence-electron chi connectivity index (χ4n) is 2.29. The van der Waals surface area contributed by atoms with Gasteiger partial charge in [0.05, 0.1) is 0 Å². The summed E-state index contributed by atoms with van der Waals surface area (Å²) in [7, 11) is 0. The van der Waals surface area contributed by atoms with Crippen LogP contribution in [0.2, 0.25) is 0 Å². The summed E-state index contributed by atoms with van der Waals surface area (Å²) in [4.78, 5) is 4.08. The van der Waals surface area contributed by atoms with E-state index in [-0.39, 0.29) is 0 Å². The van der Waals surface area contributed by atoms with E-state index in [1.807, 2.05) is 12.4 Å². The van der Waals surface area contributed by atoms with Gasteiger partial charge in [-0.25, -0.2) is 0 Å². The quantitative estimate of drug-likeness (QED) is 0.899. The molecular weight excluding hydrogens is 300 g/mol. The first-order chi connectivity index (χ1) is 9.22. The van der Waals surface area contributed by atoms with Crippen LogP contribution in [0.25, 0.3) is 0 Å². The molecule has 1 heterocycles. The highest BCUT2D eigenvalue weighted by atomic mass is 79.9. The third-order valence-electron chi connectivity index (χ3n) is 3.32. The van der Waals surface area contributed by atoms with Crippen LogP contribution in [0.4, 0.5) is 0 Å². The molecule has 2 rings (SSSR count). The number of nitrogens with one attached hydrogen (secondary N) is 1. The van der Waals surface area contributed by atoms with Gasteiger partial charge >= 0.3 is 0 Å². The van der Waals surface area contributed by atoms with Crippen molar-refractivity contribution in [3.63, 3.8) is 0 Å². The zero-order valence-corrected chi connectivity index (χ0v) is 12.9. The van der Waals surface area contributed by atoms with Crippen LogP contribution in [0.5, 0.6) is 0 Å². The van der Waals surface area contributed by atoms with Crippen molar-refractivity contribution in [1.29, 1.82) is 0 Å². The number of pyridine rings is 1. The third kappa shape index (κ3) is 3.64. The number of hydrogen-bond donors (Lipinski definition) is 1. The molecule has 3 heteroatoms. The van der Waals surface area contributed by atoms with Crippen LogP contribution in [-0.2, 0) is 6.42 Å². The molecule has 1 atom stereocenters. The van der Waals surface area contributed by atoms with Crippen molar-refractivity contribution in [3.05, 3.63) is 63.9 Å². The van der Waals surface area contributed by atoms with Crippen LogP contribution in [0.1, 0.15) is 29.7 Å². The van der Waals surface area contributed by atoms with Gasteiger partial charge in [0, 0.05) is 22.9 Å². The molecule has 0 aliphatic heterocycles. The van der Waals surface area contributed by atoms with E-state index in [1.165, 1.54) is 21.2 Å². The van der Waals surface area contributed by atoms with Gasteiger partial charge in [-0.2, -0.15) is 0 Å². The number of likely N-dealkylation sites (N-methyl/N-ethyl adjacent to an activating group) is 1. The van der Waals surface area contributed by atoms with Crippen molar-refractivity contribution >= 4 is 15.9 Å². The van der Waals surface area contributed by atoms with Gasteiger partial charge < -0.3 is 5.32 Å².